The predicted octanol–water partition coefficient (Wildman–Crippen LogP) is 4.12. The lowest BCUT2D eigenvalue weighted by Crippen LogP contribution is -2.30. The van der Waals surface area contributed by atoms with E-state index in [2.05, 4.69) is 17.1 Å². The highest BCUT2D eigenvalue weighted by Gasteiger charge is 2.33. The van der Waals surface area contributed by atoms with Gasteiger partial charge >= 0.3 is 0 Å². The van der Waals surface area contributed by atoms with Gasteiger partial charge in [0.2, 0.25) is 17.6 Å². The fraction of sp³-hybridized carbons (Fsp3) is 0.500. The van der Waals surface area contributed by atoms with Crippen molar-refractivity contribution in [1.82, 2.24) is 15.0 Å². The molecule has 5 nitrogen and oxygen atoms in total. The fourth-order valence-corrected chi connectivity index (χ4v) is 3.08. The second-order valence-electron chi connectivity index (χ2n) is 6.17. The fourth-order valence-electron chi connectivity index (χ4n) is 3.08. The monoisotopic (exact) mass is 331 g/mol. The van der Waals surface area contributed by atoms with E-state index in [1.165, 1.54) is 12.1 Å². The van der Waals surface area contributed by atoms with Crippen LogP contribution >= 0.6 is 0 Å². The average molecular weight is 331 g/mol. The Morgan fingerprint density at radius 2 is 2.12 bits per heavy atom. The van der Waals surface area contributed by atoms with Crippen LogP contribution in [0.4, 0.5) is 4.39 Å². The molecule has 1 aliphatic heterocycles. The summed E-state index contributed by atoms with van der Waals surface area (Å²) in [6.07, 6.45) is 5.44. The molecule has 0 bridgehead atoms. The molecule has 0 aliphatic carbocycles. The van der Waals surface area contributed by atoms with Crippen LogP contribution in [-0.4, -0.2) is 27.5 Å². The maximum atomic E-state index is 13.0. The lowest BCUT2D eigenvalue weighted by molar-refractivity contribution is -0.132. The molecule has 0 N–H and O–H groups in total. The number of rotatable bonds is 6. The largest absolute Gasteiger partial charge is 0.337 e. The SMILES string of the molecule is CCCCCC(=O)N1CCC[C@@H]1c1nc(-c2ccc(F)cc2)no1. The number of hydrogen-bond acceptors (Lipinski definition) is 4. The van der Waals surface area contributed by atoms with Crippen LogP contribution in [0, 0.1) is 5.82 Å². The van der Waals surface area contributed by atoms with Crippen LogP contribution in [0.3, 0.4) is 0 Å². The Morgan fingerprint density at radius 3 is 2.88 bits per heavy atom. The van der Waals surface area contributed by atoms with Gasteiger partial charge in [0.05, 0.1) is 0 Å². The van der Waals surface area contributed by atoms with Gasteiger partial charge in [-0.05, 0) is 43.5 Å². The predicted molar refractivity (Wildman–Crippen MR) is 87.5 cm³/mol. The third-order valence-electron chi connectivity index (χ3n) is 4.40. The number of likely N-dealkylation sites (tertiary alicyclic amines) is 1. The van der Waals surface area contributed by atoms with E-state index < -0.39 is 0 Å². The zero-order valence-electron chi connectivity index (χ0n) is 13.9. The van der Waals surface area contributed by atoms with Gasteiger partial charge in [0.1, 0.15) is 11.9 Å². The zero-order chi connectivity index (χ0) is 16.9. The summed E-state index contributed by atoms with van der Waals surface area (Å²) in [5.41, 5.74) is 0.699. The summed E-state index contributed by atoms with van der Waals surface area (Å²) in [6, 6.07) is 5.83. The lowest BCUT2D eigenvalue weighted by atomic mass is 10.1. The van der Waals surface area contributed by atoms with E-state index in [4.69, 9.17) is 4.52 Å². The van der Waals surface area contributed by atoms with Crippen LogP contribution in [0.5, 0.6) is 0 Å². The highest BCUT2D eigenvalue weighted by molar-refractivity contribution is 5.76. The molecule has 24 heavy (non-hydrogen) atoms. The minimum Gasteiger partial charge on any atom is -0.337 e. The molecule has 1 amide bonds. The van der Waals surface area contributed by atoms with E-state index in [9.17, 15) is 9.18 Å². The first-order chi connectivity index (χ1) is 11.7. The van der Waals surface area contributed by atoms with Gasteiger partial charge in [-0.25, -0.2) is 4.39 Å². The number of benzene rings is 1. The number of carbonyl (C=O) groups excluding carboxylic acids is 1. The van der Waals surface area contributed by atoms with E-state index in [0.717, 1.165) is 38.6 Å². The van der Waals surface area contributed by atoms with Gasteiger partial charge in [-0.1, -0.05) is 24.9 Å². The summed E-state index contributed by atoms with van der Waals surface area (Å²) < 4.78 is 18.4. The van der Waals surface area contributed by atoms with Crippen LogP contribution in [0.15, 0.2) is 28.8 Å². The Labute approximate surface area is 140 Å². The maximum Gasteiger partial charge on any atom is 0.249 e. The third kappa shape index (κ3) is 3.63. The molecule has 1 fully saturated rings. The summed E-state index contributed by atoms with van der Waals surface area (Å²) in [6.45, 7) is 2.86. The molecule has 0 radical (unpaired) electrons. The summed E-state index contributed by atoms with van der Waals surface area (Å²) in [7, 11) is 0. The molecule has 3 rings (SSSR count). The number of unbranched alkanes of at least 4 members (excludes halogenated alkanes) is 2. The van der Waals surface area contributed by atoms with Crippen molar-refractivity contribution in [3.8, 4) is 11.4 Å². The van der Waals surface area contributed by atoms with Crippen LogP contribution < -0.4 is 0 Å². The molecule has 1 aromatic carbocycles. The summed E-state index contributed by atoms with van der Waals surface area (Å²) in [5.74, 6) is 0.751. The molecule has 0 spiro atoms. The Hall–Kier alpha value is -2.24. The normalized spacial score (nSPS) is 17.4. The second-order valence-corrected chi connectivity index (χ2v) is 6.17. The first kappa shape index (κ1) is 16.6. The first-order valence-corrected chi connectivity index (χ1v) is 8.58. The highest BCUT2D eigenvalue weighted by Crippen LogP contribution is 2.32. The van der Waals surface area contributed by atoms with Crippen molar-refractivity contribution in [3.05, 3.63) is 36.0 Å². The number of aromatic nitrogens is 2. The summed E-state index contributed by atoms with van der Waals surface area (Å²) in [4.78, 5) is 18.7. The van der Waals surface area contributed by atoms with Gasteiger partial charge in [-0.15, -0.1) is 0 Å². The van der Waals surface area contributed by atoms with Crippen LogP contribution in [0.1, 0.15) is 57.4 Å². The molecule has 1 atom stereocenters. The van der Waals surface area contributed by atoms with Crippen LogP contribution in [0.2, 0.25) is 0 Å². The minimum atomic E-state index is -0.304. The van der Waals surface area contributed by atoms with E-state index in [1.54, 1.807) is 12.1 Å². The molecule has 0 saturated carbocycles. The van der Waals surface area contributed by atoms with Crippen molar-refractivity contribution in [2.75, 3.05) is 6.54 Å². The van der Waals surface area contributed by atoms with Gasteiger partial charge in [-0.2, -0.15) is 4.98 Å². The molecule has 1 aliphatic rings. The molecule has 128 valence electrons. The molecular weight excluding hydrogens is 309 g/mol. The van der Waals surface area contributed by atoms with E-state index in [0.29, 0.717) is 23.7 Å². The second kappa shape index (κ2) is 7.55. The van der Waals surface area contributed by atoms with E-state index in [-0.39, 0.29) is 17.8 Å². The van der Waals surface area contributed by atoms with Crippen LogP contribution in [-0.2, 0) is 4.79 Å². The zero-order valence-corrected chi connectivity index (χ0v) is 13.9. The van der Waals surface area contributed by atoms with Crippen molar-refractivity contribution >= 4 is 5.91 Å². The van der Waals surface area contributed by atoms with E-state index in [1.807, 2.05) is 4.90 Å². The number of carbonyl (C=O) groups is 1. The van der Waals surface area contributed by atoms with Gasteiger partial charge in [0.15, 0.2) is 0 Å². The quantitative estimate of drug-likeness (QED) is 0.747. The minimum absolute atomic E-state index is 0.138. The standard InChI is InChI=1S/C18H22FN3O2/c1-2-3-4-7-16(23)22-12-5-6-15(22)18-20-17(21-24-18)13-8-10-14(19)11-9-13/h8-11,15H,2-7,12H2,1H3/t15-/m1/s1. The number of amides is 1. The van der Waals surface area contributed by atoms with Crippen molar-refractivity contribution in [2.45, 2.75) is 51.5 Å². The van der Waals surface area contributed by atoms with Crippen molar-refractivity contribution < 1.29 is 13.7 Å². The van der Waals surface area contributed by atoms with E-state index >= 15 is 0 Å². The molecule has 6 heteroatoms. The number of nitrogens with zero attached hydrogens (tertiary/aromatic N) is 3. The molecule has 1 saturated heterocycles. The van der Waals surface area contributed by atoms with Crippen molar-refractivity contribution in [2.24, 2.45) is 0 Å². The van der Waals surface area contributed by atoms with Gasteiger partial charge < -0.3 is 9.42 Å². The third-order valence-corrected chi connectivity index (χ3v) is 4.40. The molecule has 0 unspecified atom stereocenters. The Kier molecular flexibility index (Phi) is 5.23. The first-order valence-electron chi connectivity index (χ1n) is 8.58. The Balaban J connectivity index is 1.71. The Morgan fingerprint density at radius 1 is 1.33 bits per heavy atom. The summed E-state index contributed by atoms with van der Waals surface area (Å²) in [5, 5.41) is 3.98. The maximum absolute atomic E-state index is 13.0. The topological polar surface area (TPSA) is 59.2 Å². The molecular formula is C18H22FN3O2. The number of halogens is 1. The van der Waals surface area contributed by atoms with Crippen molar-refractivity contribution in [1.29, 1.82) is 0 Å². The van der Waals surface area contributed by atoms with Crippen molar-refractivity contribution in [3.63, 3.8) is 0 Å². The smallest absolute Gasteiger partial charge is 0.249 e. The van der Waals surface area contributed by atoms with Gasteiger partial charge in [0.25, 0.3) is 0 Å². The Bertz CT molecular complexity index is 684. The van der Waals surface area contributed by atoms with Gasteiger partial charge in [-0.3, -0.25) is 4.79 Å². The molecule has 2 aromatic rings. The molecule has 1 aromatic heterocycles. The van der Waals surface area contributed by atoms with Gasteiger partial charge in [0, 0.05) is 18.5 Å². The summed E-state index contributed by atoms with van der Waals surface area (Å²) >= 11 is 0. The molecule has 2 heterocycles. The van der Waals surface area contributed by atoms with Crippen LogP contribution in [0.25, 0.3) is 11.4 Å². The lowest BCUT2D eigenvalue weighted by Gasteiger charge is -2.21. The average Bonchev–Trinajstić information content (AvgIpc) is 3.24. The highest BCUT2D eigenvalue weighted by atomic mass is 19.1. The number of hydrogen-bond donors (Lipinski definition) is 0.